The van der Waals surface area contributed by atoms with Crippen LogP contribution in [0.4, 0.5) is 13.2 Å². The van der Waals surface area contributed by atoms with Gasteiger partial charge in [-0.05, 0) is 16.7 Å². The van der Waals surface area contributed by atoms with Crippen LogP contribution in [0.2, 0.25) is 0 Å². The highest BCUT2D eigenvalue weighted by molar-refractivity contribution is 5.34. The molecule has 0 fully saturated rings. The van der Waals surface area contributed by atoms with Gasteiger partial charge in [-0.15, -0.1) is 0 Å². The van der Waals surface area contributed by atoms with Gasteiger partial charge in [-0.25, -0.2) is 0 Å². The van der Waals surface area contributed by atoms with Gasteiger partial charge in [-0.3, -0.25) is 0 Å². The molecule has 0 heterocycles. The minimum absolute atomic E-state index is 0.233. The number of benzene rings is 2. The SMILES string of the molecule is NC(c1ccccc1)c1cccc(CC(F)(F)F)c1. The molecule has 0 aliphatic rings. The highest BCUT2D eigenvalue weighted by atomic mass is 19.4. The zero-order chi connectivity index (χ0) is 13.9. The summed E-state index contributed by atoms with van der Waals surface area (Å²) in [6.07, 6.45) is -5.13. The van der Waals surface area contributed by atoms with Gasteiger partial charge in [0, 0.05) is 0 Å². The van der Waals surface area contributed by atoms with Gasteiger partial charge in [-0.2, -0.15) is 13.2 Å². The first-order valence-electron chi connectivity index (χ1n) is 5.92. The van der Waals surface area contributed by atoms with Gasteiger partial charge in [-0.1, -0.05) is 54.6 Å². The van der Waals surface area contributed by atoms with Crippen molar-refractivity contribution in [3.05, 3.63) is 71.3 Å². The summed E-state index contributed by atoms with van der Waals surface area (Å²) < 4.78 is 37.1. The lowest BCUT2D eigenvalue weighted by molar-refractivity contribution is -0.127. The van der Waals surface area contributed by atoms with Crippen LogP contribution >= 0.6 is 0 Å². The molecule has 2 aromatic carbocycles. The van der Waals surface area contributed by atoms with Crippen molar-refractivity contribution >= 4 is 0 Å². The maximum Gasteiger partial charge on any atom is 0.393 e. The third-order valence-corrected chi connectivity index (χ3v) is 2.87. The number of hydrogen-bond acceptors (Lipinski definition) is 1. The molecule has 2 rings (SSSR count). The first-order chi connectivity index (χ1) is 8.96. The van der Waals surface area contributed by atoms with Crippen molar-refractivity contribution in [3.63, 3.8) is 0 Å². The van der Waals surface area contributed by atoms with Gasteiger partial charge in [0.2, 0.25) is 0 Å². The van der Waals surface area contributed by atoms with Crippen LogP contribution in [0.15, 0.2) is 54.6 Å². The van der Waals surface area contributed by atoms with E-state index in [2.05, 4.69) is 0 Å². The average molecular weight is 265 g/mol. The second kappa shape index (κ2) is 5.45. The summed E-state index contributed by atoms with van der Waals surface area (Å²) in [5.41, 5.74) is 7.87. The molecule has 2 N–H and O–H groups in total. The molecule has 0 spiro atoms. The maximum atomic E-state index is 12.4. The van der Waals surface area contributed by atoms with E-state index in [1.54, 1.807) is 12.1 Å². The summed E-state index contributed by atoms with van der Waals surface area (Å²) in [5, 5.41) is 0. The first kappa shape index (κ1) is 13.6. The Morgan fingerprint density at radius 2 is 1.53 bits per heavy atom. The van der Waals surface area contributed by atoms with E-state index in [0.717, 1.165) is 5.56 Å². The van der Waals surface area contributed by atoms with Gasteiger partial charge < -0.3 is 5.73 Å². The number of hydrogen-bond donors (Lipinski definition) is 1. The van der Waals surface area contributed by atoms with E-state index in [9.17, 15) is 13.2 Å². The fourth-order valence-electron chi connectivity index (χ4n) is 1.98. The van der Waals surface area contributed by atoms with Crippen LogP contribution in [-0.4, -0.2) is 6.18 Å². The van der Waals surface area contributed by atoms with Crippen LogP contribution in [0.1, 0.15) is 22.7 Å². The second-order valence-corrected chi connectivity index (χ2v) is 4.43. The topological polar surface area (TPSA) is 26.0 Å². The van der Waals surface area contributed by atoms with Crippen LogP contribution in [0, 0.1) is 0 Å². The zero-order valence-electron chi connectivity index (χ0n) is 10.2. The monoisotopic (exact) mass is 265 g/mol. The predicted octanol–water partition coefficient (Wildman–Crippen LogP) is 3.84. The Kier molecular flexibility index (Phi) is 3.90. The zero-order valence-corrected chi connectivity index (χ0v) is 10.2. The molecule has 0 saturated heterocycles. The lowest BCUT2D eigenvalue weighted by Crippen LogP contribution is -2.14. The fraction of sp³-hybridized carbons (Fsp3) is 0.200. The third-order valence-electron chi connectivity index (χ3n) is 2.87. The second-order valence-electron chi connectivity index (χ2n) is 4.43. The molecule has 4 heteroatoms. The molecule has 1 atom stereocenters. The summed E-state index contributed by atoms with van der Waals surface area (Å²) >= 11 is 0. The van der Waals surface area contributed by atoms with E-state index in [0.29, 0.717) is 5.56 Å². The standard InChI is InChI=1S/C15H14F3N/c16-15(17,18)10-11-5-4-8-13(9-11)14(19)12-6-2-1-3-7-12/h1-9,14H,10,19H2. The maximum absolute atomic E-state index is 12.4. The smallest absolute Gasteiger partial charge is 0.320 e. The normalized spacial score (nSPS) is 13.3. The Morgan fingerprint density at radius 1 is 0.895 bits per heavy atom. The molecule has 0 radical (unpaired) electrons. The fourth-order valence-corrected chi connectivity index (χ4v) is 1.98. The van der Waals surface area contributed by atoms with Crippen molar-refractivity contribution in [2.75, 3.05) is 0 Å². The highest BCUT2D eigenvalue weighted by Crippen LogP contribution is 2.24. The molecule has 1 unspecified atom stereocenters. The van der Waals surface area contributed by atoms with Gasteiger partial charge in [0.05, 0.1) is 12.5 Å². The summed E-state index contributed by atoms with van der Waals surface area (Å²) in [6, 6.07) is 15.2. The molecule has 1 nitrogen and oxygen atoms in total. The molecule has 0 bridgehead atoms. The molecule has 0 aliphatic carbocycles. The molecule has 0 saturated carbocycles. The molecular formula is C15H14F3N. The number of rotatable bonds is 3. The Labute approximate surface area is 109 Å². The van der Waals surface area contributed by atoms with Crippen molar-refractivity contribution in [3.8, 4) is 0 Å². The number of alkyl halides is 3. The molecule has 0 aromatic heterocycles. The predicted molar refractivity (Wildman–Crippen MR) is 68.7 cm³/mol. The van der Waals surface area contributed by atoms with Crippen LogP contribution in [0.25, 0.3) is 0 Å². The van der Waals surface area contributed by atoms with Crippen LogP contribution in [-0.2, 0) is 6.42 Å². The Hall–Kier alpha value is -1.81. The minimum Gasteiger partial charge on any atom is -0.320 e. The lowest BCUT2D eigenvalue weighted by atomic mass is 9.97. The third kappa shape index (κ3) is 3.83. The van der Waals surface area contributed by atoms with Crippen molar-refractivity contribution in [1.29, 1.82) is 0 Å². The summed E-state index contributed by atoms with van der Waals surface area (Å²) in [7, 11) is 0. The van der Waals surface area contributed by atoms with E-state index in [1.807, 2.05) is 30.3 Å². The van der Waals surface area contributed by atoms with E-state index in [1.165, 1.54) is 12.1 Å². The first-order valence-corrected chi connectivity index (χ1v) is 5.92. The summed E-state index contributed by atoms with van der Waals surface area (Å²) in [4.78, 5) is 0. The molecule has 0 amide bonds. The van der Waals surface area contributed by atoms with Crippen LogP contribution in [0.5, 0.6) is 0 Å². The van der Waals surface area contributed by atoms with Crippen molar-refractivity contribution in [2.45, 2.75) is 18.6 Å². The highest BCUT2D eigenvalue weighted by Gasteiger charge is 2.27. The van der Waals surface area contributed by atoms with Gasteiger partial charge >= 0.3 is 6.18 Å². The molecule has 2 aromatic rings. The number of halogens is 3. The molecular weight excluding hydrogens is 251 g/mol. The Morgan fingerprint density at radius 3 is 2.16 bits per heavy atom. The quantitative estimate of drug-likeness (QED) is 0.896. The van der Waals surface area contributed by atoms with Gasteiger partial charge in [0.25, 0.3) is 0 Å². The molecule has 0 aliphatic heterocycles. The van der Waals surface area contributed by atoms with Crippen LogP contribution in [0.3, 0.4) is 0 Å². The van der Waals surface area contributed by atoms with Crippen molar-refractivity contribution in [2.24, 2.45) is 5.73 Å². The molecule has 19 heavy (non-hydrogen) atoms. The van der Waals surface area contributed by atoms with Crippen LogP contribution < -0.4 is 5.73 Å². The minimum atomic E-state index is -4.20. The summed E-state index contributed by atoms with van der Waals surface area (Å²) in [5.74, 6) is 0. The Balaban J connectivity index is 2.24. The average Bonchev–Trinajstić information content (AvgIpc) is 2.37. The summed E-state index contributed by atoms with van der Waals surface area (Å²) in [6.45, 7) is 0. The van der Waals surface area contributed by atoms with Gasteiger partial charge in [0.1, 0.15) is 0 Å². The van der Waals surface area contributed by atoms with Crippen molar-refractivity contribution in [1.82, 2.24) is 0 Å². The van der Waals surface area contributed by atoms with E-state index < -0.39 is 18.6 Å². The van der Waals surface area contributed by atoms with E-state index in [-0.39, 0.29) is 5.56 Å². The van der Waals surface area contributed by atoms with E-state index in [4.69, 9.17) is 5.73 Å². The van der Waals surface area contributed by atoms with Crippen molar-refractivity contribution < 1.29 is 13.2 Å². The lowest BCUT2D eigenvalue weighted by Gasteiger charge is -2.14. The van der Waals surface area contributed by atoms with E-state index >= 15 is 0 Å². The Bertz CT molecular complexity index is 535. The molecule has 100 valence electrons. The number of nitrogens with two attached hydrogens (primary N) is 1. The van der Waals surface area contributed by atoms with Gasteiger partial charge in [0.15, 0.2) is 0 Å². The largest absolute Gasteiger partial charge is 0.393 e.